The average molecular weight is 508 g/mol. The SMILES string of the molecule is O=C(/C=C/c1ccc(OC(F)(F)F)cc1)N1CC[C@@H]2CN(C(=O)C3CCC4NNNC4C3)C[C@@H]2CC1. The van der Waals surface area contributed by atoms with Crippen molar-refractivity contribution in [1.82, 2.24) is 26.2 Å². The Balaban J connectivity index is 1.10. The summed E-state index contributed by atoms with van der Waals surface area (Å²) >= 11 is 0. The number of carbonyl (C=O) groups excluding carboxylic acids is 2. The molecule has 1 aliphatic carbocycles. The lowest BCUT2D eigenvalue weighted by Crippen LogP contribution is -2.45. The van der Waals surface area contributed by atoms with Gasteiger partial charge in [-0.15, -0.1) is 13.2 Å². The lowest BCUT2D eigenvalue weighted by Gasteiger charge is -2.32. The van der Waals surface area contributed by atoms with E-state index in [0.29, 0.717) is 42.6 Å². The zero-order chi connectivity index (χ0) is 25.3. The zero-order valence-corrected chi connectivity index (χ0v) is 20.0. The first-order valence-corrected chi connectivity index (χ1v) is 12.6. The standard InChI is InChI=1S/C25H32F3N5O3/c26-25(27,28)36-20-5-1-16(2-6-20)3-8-23(34)32-11-9-18-14-33(15-19(18)10-12-32)24(35)17-4-7-21-22(13-17)30-31-29-21/h1-3,5-6,8,17-19,21-22,29-31H,4,7,9-15H2/b8-3+/t17?,18-,19+,21?,22?. The fraction of sp³-hybridized carbons (Fsp3) is 0.600. The van der Waals surface area contributed by atoms with Gasteiger partial charge in [0.25, 0.3) is 0 Å². The van der Waals surface area contributed by atoms with Gasteiger partial charge in [-0.1, -0.05) is 12.1 Å². The summed E-state index contributed by atoms with van der Waals surface area (Å²) < 4.78 is 40.8. The zero-order valence-electron chi connectivity index (χ0n) is 20.0. The summed E-state index contributed by atoms with van der Waals surface area (Å²) in [6.45, 7) is 2.81. The van der Waals surface area contributed by atoms with Gasteiger partial charge in [0, 0.05) is 50.3 Å². The first-order chi connectivity index (χ1) is 17.2. The largest absolute Gasteiger partial charge is 0.573 e. The second-order valence-corrected chi connectivity index (χ2v) is 10.3. The molecule has 4 fully saturated rings. The third-order valence-electron chi connectivity index (χ3n) is 7.99. The molecule has 3 unspecified atom stereocenters. The molecule has 0 spiro atoms. The first-order valence-electron chi connectivity index (χ1n) is 12.6. The number of nitrogens with one attached hydrogen (secondary N) is 3. The van der Waals surface area contributed by atoms with E-state index in [2.05, 4.69) is 26.0 Å². The number of likely N-dealkylation sites (tertiary alicyclic amines) is 2. The first kappa shape index (κ1) is 25.0. The molecule has 3 aliphatic heterocycles. The fourth-order valence-corrected chi connectivity index (χ4v) is 6.01. The molecule has 4 aliphatic rings. The Morgan fingerprint density at radius 3 is 2.25 bits per heavy atom. The van der Waals surface area contributed by atoms with Crippen LogP contribution in [0.15, 0.2) is 30.3 Å². The summed E-state index contributed by atoms with van der Waals surface area (Å²) in [6.07, 6.45) is 2.81. The molecular weight excluding hydrogens is 475 g/mol. The summed E-state index contributed by atoms with van der Waals surface area (Å²) in [5, 5.41) is 0. The number of benzene rings is 1. The average Bonchev–Trinajstić information content (AvgIpc) is 3.44. The van der Waals surface area contributed by atoms with Gasteiger partial charge in [-0.05, 0) is 67.7 Å². The fourth-order valence-electron chi connectivity index (χ4n) is 6.01. The molecule has 1 aromatic carbocycles. The lowest BCUT2D eigenvalue weighted by molar-refractivity contribution is -0.274. The molecule has 3 saturated heterocycles. The van der Waals surface area contributed by atoms with Gasteiger partial charge in [-0.2, -0.15) is 5.53 Å². The molecule has 5 atom stereocenters. The van der Waals surface area contributed by atoms with Crippen LogP contribution >= 0.6 is 0 Å². The number of carbonyl (C=O) groups is 2. The number of nitrogens with zero attached hydrogens (tertiary/aromatic N) is 2. The van der Waals surface area contributed by atoms with Crippen molar-refractivity contribution >= 4 is 17.9 Å². The maximum Gasteiger partial charge on any atom is 0.573 e. The number of amides is 2. The van der Waals surface area contributed by atoms with E-state index in [1.165, 1.54) is 30.3 Å². The number of alkyl halides is 3. The number of hydrogen-bond donors (Lipinski definition) is 3. The molecule has 8 nitrogen and oxygen atoms in total. The van der Waals surface area contributed by atoms with Crippen LogP contribution in [0.4, 0.5) is 13.2 Å². The van der Waals surface area contributed by atoms with E-state index in [-0.39, 0.29) is 23.5 Å². The third-order valence-corrected chi connectivity index (χ3v) is 7.99. The van der Waals surface area contributed by atoms with Crippen LogP contribution in [0.25, 0.3) is 6.08 Å². The van der Waals surface area contributed by atoms with E-state index < -0.39 is 6.36 Å². The van der Waals surface area contributed by atoms with Crippen LogP contribution in [0.2, 0.25) is 0 Å². The highest BCUT2D eigenvalue weighted by molar-refractivity contribution is 5.91. The Kier molecular flexibility index (Phi) is 7.23. The molecule has 0 aromatic heterocycles. The van der Waals surface area contributed by atoms with Gasteiger partial charge in [0.2, 0.25) is 11.8 Å². The maximum absolute atomic E-state index is 13.2. The number of hydrogen-bond acceptors (Lipinski definition) is 6. The van der Waals surface area contributed by atoms with Crippen molar-refractivity contribution in [2.24, 2.45) is 17.8 Å². The van der Waals surface area contributed by atoms with Gasteiger partial charge in [-0.3, -0.25) is 9.59 Å². The van der Waals surface area contributed by atoms with Crippen molar-refractivity contribution in [3.63, 3.8) is 0 Å². The van der Waals surface area contributed by atoms with Gasteiger partial charge in [-0.25, -0.2) is 10.9 Å². The van der Waals surface area contributed by atoms with E-state index >= 15 is 0 Å². The Morgan fingerprint density at radius 1 is 0.917 bits per heavy atom. The van der Waals surface area contributed by atoms with Crippen molar-refractivity contribution in [1.29, 1.82) is 0 Å². The van der Waals surface area contributed by atoms with E-state index in [1.54, 1.807) is 6.08 Å². The van der Waals surface area contributed by atoms with Crippen molar-refractivity contribution < 1.29 is 27.5 Å². The van der Waals surface area contributed by atoms with Crippen LogP contribution in [0.3, 0.4) is 0 Å². The number of ether oxygens (including phenoxy) is 1. The molecule has 11 heteroatoms. The van der Waals surface area contributed by atoms with E-state index in [4.69, 9.17) is 0 Å². The van der Waals surface area contributed by atoms with Crippen molar-refractivity contribution in [2.75, 3.05) is 26.2 Å². The normalized spacial score (nSPS) is 30.7. The quantitative estimate of drug-likeness (QED) is 0.543. The minimum Gasteiger partial charge on any atom is -0.406 e. The third kappa shape index (κ3) is 5.84. The van der Waals surface area contributed by atoms with Gasteiger partial charge in [0.05, 0.1) is 0 Å². The monoisotopic (exact) mass is 507 g/mol. The summed E-state index contributed by atoms with van der Waals surface area (Å²) in [5.41, 5.74) is 10.0. The minimum atomic E-state index is -4.73. The predicted octanol–water partition coefficient (Wildman–Crippen LogP) is 2.45. The smallest absolute Gasteiger partial charge is 0.406 e. The van der Waals surface area contributed by atoms with Crippen molar-refractivity contribution in [3.05, 3.63) is 35.9 Å². The van der Waals surface area contributed by atoms with Crippen molar-refractivity contribution in [3.8, 4) is 5.75 Å². The molecular formula is C25H32F3N5O3. The molecule has 0 bridgehead atoms. The van der Waals surface area contributed by atoms with Crippen LogP contribution in [0.5, 0.6) is 5.75 Å². The van der Waals surface area contributed by atoms with Crippen LogP contribution in [0.1, 0.15) is 37.7 Å². The lowest BCUT2D eigenvalue weighted by atomic mass is 9.82. The Labute approximate surface area is 208 Å². The van der Waals surface area contributed by atoms with E-state index in [0.717, 1.165) is 45.2 Å². The number of rotatable bonds is 4. The van der Waals surface area contributed by atoms with E-state index in [9.17, 15) is 22.8 Å². The second kappa shape index (κ2) is 10.4. The van der Waals surface area contributed by atoms with E-state index in [1.807, 2.05) is 4.90 Å². The Bertz CT molecular complexity index is 970. The second-order valence-electron chi connectivity index (χ2n) is 10.3. The summed E-state index contributed by atoms with van der Waals surface area (Å²) in [6, 6.07) is 6.08. The Morgan fingerprint density at radius 2 is 1.58 bits per heavy atom. The highest BCUT2D eigenvalue weighted by atomic mass is 19.4. The van der Waals surface area contributed by atoms with Crippen LogP contribution in [-0.2, 0) is 9.59 Å². The van der Waals surface area contributed by atoms with Gasteiger partial charge < -0.3 is 14.5 Å². The van der Waals surface area contributed by atoms with Gasteiger partial charge in [0.15, 0.2) is 0 Å². The van der Waals surface area contributed by atoms with Gasteiger partial charge in [0.1, 0.15) is 5.75 Å². The molecule has 196 valence electrons. The highest BCUT2D eigenvalue weighted by Gasteiger charge is 2.42. The molecule has 1 aromatic rings. The highest BCUT2D eigenvalue weighted by Crippen LogP contribution is 2.35. The summed E-state index contributed by atoms with van der Waals surface area (Å²) in [5.74, 6) is 0.747. The number of fused-ring (bicyclic) bond motifs is 2. The summed E-state index contributed by atoms with van der Waals surface area (Å²) in [7, 11) is 0. The van der Waals surface area contributed by atoms with Crippen LogP contribution < -0.4 is 21.1 Å². The Hall–Kier alpha value is -2.63. The maximum atomic E-state index is 13.2. The minimum absolute atomic E-state index is 0.0695. The van der Waals surface area contributed by atoms with Crippen LogP contribution in [0, 0.1) is 17.8 Å². The van der Waals surface area contributed by atoms with Crippen LogP contribution in [-0.4, -0.2) is 66.2 Å². The molecule has 36 heavy (non-hydrogen) atoms. The summed E-state index contributed by atoms with van der Waals surface area (Å²) in [4.78, 5) is 29.9. The molecule has 5 rings (SSSR count). The van der Waals surface area contributed by atoms with Crippen molar-refractivity contribution in [2.45, 2.75) is 50.6 Å². The molecule has 0 radical (unpaired) electrons. The predicted molar refractivity (Wildman–Crippen MR) is 126 cm³/mol. The molecule has 3 N–H and O–H groups in total. The number of halogens is 3. The molecule has 1 saturated carbocycles. The number of hydrazine groups is 2. The molecule has 2 amide bonds. The van der Waals surface area contributed by atoms with Gasteiger partial charge >= 0.3 is 6.36 Å². The molecule has 3 heterocycles. The topological polar surface area (TPSA) is 85.9 Å².